The predicted molar refractivity (Wildman–Crippen MR) is 116 cm³/mol. The molecule has 0 spiro atoms. The molecule has 1 aromatic rings. The van der Waals surface area contributed by atoms with Crippen LogP contribution in [-0.4, -0.2) is 94.5 Å². The van der Waals surface area contributed by atoms with Crippen molar-refractivity contribution in [3.63, 3.8) is 0 Å². The third-order valence-corrected chi connectivity index (χ3v) is 5.07. The fourth-order valence-electron chi connectivity index (χ4n) is 3.04. The largest absolute Gasteiger partial charge is 0.491 e. The Bertz CT molecular complexity index is 635. The summed E-state index contributed by atoms with van der Waals surface area (Å²) in [5.41, 5.74) is 0. The lowest BCUT2D eigenvalue weighted by Crippen LogP contribution is -2.47. The van der Waals surface area contributed by atoms with Crippen molar-refractivity contribution in [1.29, 1.82) is 0 Å². The van der Waals surface area contributed by atoms with E-state index in [4.69, 9.17) is 18.9 Å². The van der Waals surface area contributed by atoms with E-state index in [-0.39, 0.29) is 12.6 Å². The van der Waals surface area contributed by atoms with Crippen molar-refractivity contribution >= 4 is 6.03 Å². The number of hydrogen-bond donors (Lipinski definition) is 3. The maximum absolute atomic E-state index is 11.9. The van der Waals surface area contributed by atoms with Gasteiger partial charge in [0.25, 0.3) is 0 Å². The molecule has 2 aliphatic rings. The van der Waals surface area contributed by atoms with Gasteiger partial charge in [0.2, 0.25) is 0 Å². The number of carbonyl (C=O) groups is 1. The zero-order valence-electron chi connectivity index (χ0n) is 18.1. The average Bonchev–Trinajstić information content (AvgIpc) is 3.63. The Morgan fingerprint density at radius 1 is 1.10 bits per heavy atom. The van der Waals surface area contributed by atoms with Crippen molar-refractivity contribution in [2.24, 2.45) is 5.92 Å². The molecule has 1 aliphatic heterocycles. The summed E-state index contributed by atoms with van der Waals surface area (Å²) in [6.07, 6.45) is 1.94. The van der Waals surface area contributed by atoms with Crippen LogP contribution < -0.4 is 20.1 Å². The maximum atomic E-state index is 11.9. The molecule has 3 rings (SSSR count). The number of benzene rings is 1. The molecule has 9 nitrogen and oxygen atoms in total. The van der Waals surface area contributed by atoms with Gasteiger partial charge in [0.15, 0.2) is 0 Å². The molecule has 0 unspecified atom stereocenters. The smallest absolute Gasteiger partial charge is 0.317 e. The van der Waals surface area contributed by atoms with E-state index in [1.807, 2.05) is 24.3 Å². The molecule has 3 N–H and O–H groups in total. The molecule has 1 aliphatic carbocycles. The zero-order chi connectivity index (χ0) is 21.7. The van der Waals surface area contributed by atoms with Crippen molar-refractivity contribution in [3.05, 3.63) is 24.3 Å². The van der Waals surface area contributed by atoms with Gasteiger partial charge < -0.3 is 39.6 Å². The SMILES string of the molecule is O=C(NCCNC[C@H](O)COc1ccc(OCCOCC2CC2)cc1)N1CCOCC1. The van der Waals surface area contributed by atoms with Gasteiger partial charge in [-0.15, -0.1) is 0 Å². The molecule has 0 radical (unpaired) electrons. The molecule has 0 aromatic heterocycles. The number of rotatable bonds is 14. The standard InChI is InChI=1S/C22H35N3O6/c26-19(15-23-7-8-24-22(27)25-9-11-28-12-10-25)17-31-21-5-3-20(4-6-21)30-14-13-29-16-18-1-2-18/h3-6,18-19,23,26H,1-2,7-17H2,(H,24,27)/t19-/m0/s1. The molecule has 31 heavy (non-hydrogen) atoms. The number of ether oxygens (including phenoxy) is 4. The van der Waals surface area contributed by atoms with Crippen LogP contribution in [0.1, 0.15) is 12.8 Å². The first kappa shape index (κ1) is 23.6. The number of carbonyl (C=O) groups excluding carboxylic acids is 1. The fraction of sp³-hybridized carbons (Fsp3) is 0.682. The van der Waals surface area contributed by atoms with Gasteiger partial charge in [-0.25, -0.2) is 4.79 Å². The molecular weight excluding hydrogens is 402 g/mol. The van der Waals surface area contributed by atoms with E-state index in [0.717, 1.165) is 18.3 Å². The van der Waals surface area contributed by atoms with Crippen molar-refractivity contribution in [3.8, 4) is 11.5 Å². The van der Waals surface area contributed by atoms with Crippen molar-refractivity contribution in [2.45, 2.75) is 18.9 Å². The molecule has 2 amide bonds. The van der Waals surface area contributed by atoms with Crippen LogP contribution in [0.3, 0.4) is 0 Å². The minimum atomic E-state index is -0.644. The molecule has 1 atom stereocenters. The Morgan fingerprint density at radius 3 is 2.52 bits per heavy atom. The second-order valence-electron chi connectivity index (χ2n) is 7.84. The molecule has 2 fully saturated rings. The Hall–Kier alpha value is -2.07. The number of aliphatic hydroxyl groups is 1. The Morgan fingerprint density at radius 2 is 1.81 bits per heavy atom. The Labute approximate surface area is 184 Å². The molecule has 1 saturated carbocycles. The van der Waals surface area contributed by atoms with E-state index in [2.05, 4.69) is 10.6 Å². The fourth-order valence-corrected chi connectivity index (χ4v) is 3.04. The maximum Gasteiger partial charge on any atom is 0.317 e. The first-order valence-corrected chi connectivity index (χ1v) is 11.1. The van der Waals surface area contributed by atoms with Gasteiger partial charge in [-0.1, -0.05) is 0 Å². The summed E-state index contributed by atoms with van der Waals surface area (Å²) in [5.74, 6) is 2.21. The lowest BCUT2D eigenvalue weighted by Gasteiger charge is -2.27. The Balaban J connectivity index is 1.18. The van der Waals surface area contributed by atoms with Gasteiger partial charge in [-0.2, -0.15) is 0 Å². The predicted octanol–water partition coefficient (Wildman–Crippen LogP) is 0.863. The van der Waals surface area contributed by atoms with Gasteiger partial charge in [0.05, 0.1) is 19.8 Å². The van der Waals surface area contributed by atoms with Gasteiger partial charge in [0, 0.05) is 39.3 Å². The number of morpholine rings is 1. The lowest BCUT2D eigenvalue weighted by atomic mass is 10.3. The van der Waals surface area contributed by atoms with Crippen molar-refractivity contribution in [1.82, 2.24) is 15.5 Å². The number of amides is 2. The summed E-state index contributed by atoms with van der Waals surface area (Å²) in [4.78, 5) is 13.7. The van der Waals surface area contributed by atoms with Crippen LogP contribution in [0.5, 0.6) is 11.5 Å². The highest BCUT2D eigenvalue weighted by Gasteiger charge is 2.20. The topological polar surface area (TPSA) is 102 Å². The lowest BCUT2D eigenvalue weighted by molar-refractivity contribution is 0.0532. The van der Waals surface area contributed by atoms with Crippen LogP contribution in [0.4, 0.5) is 4.79 Å². The molecular formula is C22H35N3O6. The minimum absolute atomic E-state index is 0.0767. The van der Waals surface area contributed by atoms with Gasteiger partial charge >= 0.3 is 6.03 Å². The first-order valence-electron chi connectivity index (χ1n) is 11.1. The third-order valence-electron chi connectivity index (χ3n) is 5.07. The molecule has 174 valence electrons. The van der Waals surface area contributed by atoms with Crippen LogP contribution in [0.2, 0.25) is 0 Å². The van der Waals surface area contributed by atoms with E-state index in [1.54, 1.807) is 4.90 Å². The second-order valence-corrected chi connectivity index (χ2v) is 7.84. The second kappa shape index (κ2) is 13.4. The highest BCUT2D eigenvalue weighted by Crippen LogP contribution is 2.28. The summed E-state index contributed by atoms with van der Waals surface area (Å²) in [7, 11) is 0. The van der Waals surface area contributed by atoms with Crippen molar-refractivity contribution in [2.75, 3.05) is 72.4 Å². The van der Waals surface area contributed by atoms with E-state index >= 15 is 0 Å². The molecule has 0 bridgehead atoms. The highest BCUT2D eigenvalue weighted by atomic mass is 16.5. The van der Waals surface area contributed by atoms with Crippen LogP contribution in [0, 0.1) is 5.92 Å². The molecule has 1 aromatic carbocycles. The number of urea groups is 1. The van der Waals surface area contributed by atoms with Gasteiger partial charge in [-0.05, 0) is 43.0 Å². The summed E-state index contributed by atoms with van der Waals surface area (Å²) < 4.78 is 22.0. The van der Waals surface area contributed by atoms with Gasteiger partial charge in [-0.3, -0.25) is 0 Å². The summed E-state index contributed by atoms with van der Waals surface area (Å²) in [6, 6.07) is 7.26. The van der Waals surface area contributed by atoms with Crippen LogP contribution >= 0.6 is 0 Å². The van der Waals surface area contributed by atoms with E-state index in [9.17, 15) is 9.90 Å². The van der Waals surface area contributed by atoms with E-state index in [1.165, 1.54) is 12.8 Å². The minimum Gasteiger partial charge on any atom is -0.491 e. The number of aliphatic hydroxyl groups excluding tert-OH is 1. The van der Waals surface area contributed by atoms with E-state index < -0.39 is 6.10 Å². The third kappa shape index (κ3) is 9.73. The summed E-state index contributed by atoms with van der Waals surface area (Å²) in [5, 5.41) is 16.0. The normalized spacial score (nSPS) is 17.3. The summed E-state index contributed by atoms with van der Waals surface area (Å²) in [6.45, 7) is 6.03. The van der Waals surface area contributed by atoms with Crippen molar-refractivity contribution < 1.29 is 28.8 Å². The van der Waals surface area contributed by atoms with Crippen LogP contribution in [0.15, 0.2) is 24.3 Å². The van der Waals surface area contributed by atoms with Crippen LogP contribution in [-0.2, 0) is 9.47 Å². The monoisotopic (exact) mass is 437 g/mol. The molecule has 9 heteroatoms. The van der Waals surface area contributed by atoms with Crippen LogP contribution in [0.25, 0.3) is 0 Å². The number of nitrogens with zero attached hydrogens (tertiary/aromatic N) is 1. The van der Waals surface area contributed by atoms with E-state index in [0.29, 0.717) is 64.9 Å². The molecule has 1 heterocycles. The zero-order valence-corrected chi connectivity index (χ0v) is 18.1. The number of nitrogens with one attached hydrogen (secondary N) is 2. The first-order chi connectivity index (χ1) is 15.2. The molecule has 1 saturated heterocycles. The number of hydrogen-bond acceptors (Lipinski definition) is 7. The summed E-state index contributed by atoms with van der Waals surface area (Å²) >= 11 is 0. The van der Waals surface area contributed by atoms with Gasteiger partial charge in [0.1, 0.15) is 30.8 Å². The Kier molecular flexibility index (Phi) is 10.2. The average molecular weight is 438 g/mol. The highest BCUT2D eigenvalue weighted by molar-refractivity contribution is 5.74. The quantitative estimate of drug-likeness (QED) is 0.371.